The summed E-state index contributed by atoms with van der Waals surface area (Å²) in [6, 6.07) is 8.51. The van der Waals surface area contributed by atoms with E-state index in [0.29, 0.717) is 22.2 Å². The molecule has 0 bridgehead atoms. The molecule has 1 atom stereocenters. The number of rotatable bonds is 7. The molecule has 0 aliphatic carbocycles. The van der Waals surface area contributed by atoms with E-state index < -0.39 is 11.9 Å². The Balaban J connectivity index is 1.45. The van der Waals surface area contributed by atoms with Crippen LogP contribution in [-0.4, -0.2) is 26.3 Å². The van der Waals surface area contributed by atoms with Crippen LogP contribution in [-0.2, 0) is 18.3 Å². The molecule has 0 fully saturated rings. The Morgan fingerprint density at radius 1 is 1.26 bits per heavy atom. The molecule has 2 amide bonds. The number of nitrogens with one attached hydrogen (secondary N) is 2. The minimum Gasteiger partial charge on any atom is -0.459 e. The first kappa shape index (κ1) is 20.5. The molecular formula is C21H18FN5O3S. The van der Waals surface area contributed by atoms with Gasteiger partial charge in [-0.3, -0.25) is 14.9 Å². The van der Waals surface area contributed by atoms with E-state index >= 15 is 0 Å². The van der Waals surface area contributed by atoms with Gasteiger partial charge in [-0.05, 0) is 29.8 Å². The van der Waals surface area contributed by atoms with E-state index in [2.05, 4.69) is 20.6 Å². The number of amides is 2. The van der Waals surface area contributed by atoms with Crippen LogP contribution in [0.4, 0.5) is 9.52 Å². The molecule has 0 aliphatic rings. The van der Waals surface area contributed by atoms with Gasteiger partial charge in [-0.1, -0.05) is 12.1 Å². The van der Waals surface area contributed by atoms with Gasteiger partial charge in [-0.15, -0.1) is 11.3 Å². The highest BCUT2D eigenvalue weighted by atomic mass is 32.1. The van der Waals surface area contributed by atoms with Crippen LogP contribution in [0.1, 0.15) is 33.7 Å². The van der Waals surface area contributed by atoms with Crippen molar-refractivity contribution in [1.82, 2.24) is 19.9 Å². The zero-order valence-electron chi connectivity index (χ0n) is 16.4. The molecule has 2 N–H and O–H groups in total. The summed E-state index contributed by atoms with van der Waals surface area (Å²) in [6.07, 6.45) is 4.82. The molecule has 31 heavy (non-hydrogen) atoms. The van der Waals surface area contributed by atoms with Gasteiger partial charge in [-0.25, -0.2) is 14.4 Å². The fourth-order valence-corrected chi connectivity index (χ4v) is 3.70. The molecular weight excluding hydrogens is 421 g/mol. The first-order valence-corrected chi connectivity index (χ1v) is 10.2. The summed E-state index contributed by atoms with van der Waals surface area (Å²) in [5.41, 5.74) is 1.21. The zero-order valence-corrected chi connectivity index (χ0v) is 17.2. The predicted octanol–water partition coefficient (Wildman–Crippen LogP) is 3.31. The smallest absolute Gasteiger partial charge is 0.293 e. The maximum Gasteiger partial charge on any atom is 0.293 e. The Morgan fingerprint density at radius 2 is 2.06 bits per heavy atom. The highest BCUT2D eigenvalue weighted by Crippen LogP contribution is 2.22. The van der Waals surface area contributed by atoms with Crippen LogP contribution in [0.2, 0.25) is 0 Å². The molecule has 0 spiro atoms. The first-order chi connectivity index (χ1) is 15.0. The van der Waals surface area contributed by atoms with Crippen LogP contribution in [0.25, 0.3) is 0 Å². The van der Waals surface area contributed by atoms with E-state index in [1.807, 2.05) is 7.05 Å². The second kappa shape index (κ2) is 8.92. The van der Waals surface area contributed by atoms with Gasteiger partial charge in [0.25, 0.3) is 5.91 Å². The lowest BCUT2D eigenvalue weighted by Crippen LogP contribution is -2.32. The van der Waals surface area contributed by atoms with Gasteiger partial charge in [0.2, 0.25) is 5.91 Å². The molecule has 158 valence electrons. The maximum atomic E-state index is 13.4. The van der Waals surface area contributed by atoms with Crippen molar-refractivity contribution >= 4 is 28.3 Å². The van der Waals surface area contributed by atoms with Crippen LogP contribution >= 0.6 is 11.3 Å². The van der Waals surface area contributed by atoms with E-state index in [0.717, 1.165) is 0 Å². The summed E-state index contributed by atoms with van der Waals surface area (Å²) >= 11 is 1.21. The van der Waals surface area contributed by atoms with E-state index in [4.69, 9.17) is 4.42 Å². The van der Waals surface area contributed by atoms with Gasteiger partial charge >= 0.3 is 0 Å². The summed E-state index contributed by atoms with van der Waals surface area (Å²) in [4.78, 5) is 33.4. The number of carbonyl (C=O) groups excluding carboxylic acids is 2. The third kappa shape index (κ3) is 4.86. The summed E-state index contributed by atoms with van der Waals surface area (Å²) in [6.45, 7) is 0. The molecule has 0 saturated heterocycles. The van der Waals surface area contributed by atoms with Gasteiger partial charge in [-0.2, -0.15) is 0 Å². The second-order valence-corrected chi connectivity index (χ2v) is 7.56. The monoisotopic (exact) mass is 439 g/mol. The van der Waals surface area contributed by atoms with Crippen LogP contribution in [0.3, 0.4) is 0 Å². The van der Waals surface area contributed by atoms with Gasteiger partial charge in [0, 0.05) is 24.8 Å². The summed E-state index contributed by atoms with van der Waals surface area (Å²) in [5, 5.41) is 7.63. The highest BCUT2D eigenvalue weighted by molar-refractivity contribution is 7.14. The zero-order chi connectivity index (χ0) is 21.8. The van der Waals surface area contributed by atoms with E-state index in [1.165, 1.54) is 29.7 Å². The third-order valence-electron chi connectivity index (χ3n) is 4.48. The fraction of sp³-hybridized carbons (Fsp3) is 0.143. The van der Waals surface area contributed by atoms with E-state index in [-0.39, 0.29) is 23.9 Å². The third-order valence-corrected chi connectivity index (χ3v) is 5.29. The number of benzene rings is 1. The van der Waals surface area contributed by atoms with Crippen LogP contribution < -0.4 is 10.6 Å². The van der Waals surface area contributed by atoms with Crippen molar-refractivity contribution < 1.29 is 18.4 Å². The lowest BCUT2D eigenvalue weighted by molar-refractivity contribution is -0.121. The molecule has 10 heteroatoms. The van der Waals surface area contributed by atoms with Crippen molar-refractivity contribution in [1.29, 1.82) is 0 Å². The van der Waals surface area contributed by atoms with Crippen molar-refractivity contribution in [2.24, 2.45) is 7.05 Å². The first-order valence-electron chi connectivity index (χ1n) is 9.31. The minimum absolute atomic E-state index is 0.00917. The SMILES string of the molecule is Cn1ccnc1[C@@H](NC(=O)Cc1csc(NC(=O)c2ccco2)n1)c1ccc(F)cc1. The van der Waals surface area contributed by atoms with Gasteiger partial charge in [0.15, 0.2) is 10.9 Å². The molecule has 0 radical (unpaired) electrons. The number of furan rings is 1. The molecule has 0 aliphatic heterocycles. The van der Waals surface area contributed by atoms with Crippen molar-refractivity contribution in [3.05, 3.63) is 89.1 Å². The lowest BCUT2D eigenvalue weighted by Gasteiger charge is -2.19. The quantitative estimate of drug-likeness (QED) is 0.460. The van der Waals surface area contributed by atoms with Crippen LogP contribution in [0.5, 0.6) is 0 Å². The number of aryl methyl sites for hydroxylation is 1. The summed E-state index contributed by atoms with van der Waals surface area (Å²) in [7, 11) is 1.82. The summed E-state index contributed by atoms with van der Waals surface area (Å²) in [5.74, 6) is -0.273. The molecule has 1 aromatic carbocycles. The van der Waals surface area contributed by atoms with Crippen molar-refractivity contribution in [3.63, 3.8) is 0 Å². The average molecular weight is 439 g/mol. The standard InChI is InChI=1S/C21H18FN5O3S/c1-27-9-8-23-19(27)18(13-4-6-14(22)7-5-13)25-17(28)11-15-12-31-21(24-15)26-20(29)16-3-2-10-30-16/h2-10,12,18H,11H2,1H3,(H,25,28)(H,24,26,29)/t18-/m0/s1. The largest absolute Gasteiger partial charge is 0.459 e. The number of aromatic nitrogens is 3. The Bertz CT molecular complexity index is 1180. The maximum absolute atomic E-state index is 13.4. The Labute approximate surface area is 180 Å². The number of carbonyl (C=O) groups is 2. The summed E-state index contributed by atoms with van der Waals surface area (Å²) < 4.78 is 20.2. The number of anilines is 1. The number of nitrogens with zero attached hydrogens (tertiary/aromatic N) is 3. The predicted molar refractivity (Wildman–Crippen MR) is 112 cm³/mol. The van der Waals surface area contributed by atoms with E-state index in [1.54, 1.807) is 46.6 Å². The van der Waals surface area contributed by atoms with Crippen molar-refractivity contribution in [3.8, 4) is 0 Å². The van der Waals surface area contributed by atoms with Crippen molar-refractivity contribution in [2.75, 3.05) is 5.32 Å². The molecule has 4 rings (SSSR count). The Hall–Kier alpha value is -3.79. The molecule has 8 nitrogen and oxygen atoms in total. The normalized spacial score (nSPS) is 11.8. The number of imidazole rings is 1. The van der Waals surface area contributed by atoms with Crippen molar-refractivity contribution in [2.45, 2.75) is 12.5 Å². The number of hydrogen-bond donors (Lipinski definition) is 2. The van der Waals surface area contributed by atoms with Gasteiger partial charge < -0.3 is 14.3 Å². The number of hydrogen-bond acceptors (Lipinski definition) is 6. The minimum atomic E-state index is -0.551. The lowest BCUT2D eigenvalue weighted by atomic mass is 10.1. The second-order valence-electron chi connectivity index (χ2n) is 6.70. The van der Waals surface area contributed by atoms with Crippen LogP contribution in [0, 0.1) is 5.82 Å². The molecule has 0 unspecified atom stereocenters. The number of thiazole rings is 1. The Morgan fingerprint density at radius 3 is 2.74 bits per heavy atom. The molecule has 3 heterocycles. The van der Waals surface area contributed by atoms with Crippen LogP contribution in [0.15, 0.2) is 64.9 Å². The topological polar surface area (TPSA) is 102 Å². The molecule has 3 aromatic heterocycles. The average Bonchev–Trinajstić information content (AvgIpc) is 3.50. The fourth-order valence-electron chi connectivity index (χ4n) is 3.00. The van der Waals surface area contributed by atoms with E-state index in [9.17, 15) is 14.0 Å². The highest BCUT2D eigenvalue weighted by Gasteiger charge is 2.21. The molecule has 4 aromatic rings. The van der Waals surface area contributed by atoms with Gasteiger partial charge in [0.05, 0.1) is 18.4 Å². The Kier molecular flexibility index (Phi) is 5.89. The molecule has 0 saturated carbocycles. The number of halogens is 1. The van der Waals surface area contributed by atoms with Gasteiger partial charge in [0.1, 0.15) is 17.7 Å².